The van der Waals surface area contributed by atoms with Crippen LogP contribution in [0.3, 0.4) is 0 Å². The van der Waals surface area contributed by atoms with E-state index in [0.29, 0.717) is 54.1 Å². The van der Waals surface area contributed by atoms with Crippen molar-refractivity contribution in [2.24, 2.45) is 5.92 Å². The maximum atomic E-state index is 13.5. The fourth-order valence-corrected chi connectivity index (χ4v) is 6.21. The summed E-state index contributed by atoms with van der Waals surface area (Å²) >= 11 is 0. The number of halogens is 1. The van der Waals surface area contributed by atoms with Gasteiger partial charge >= 0.3 is 6.09 Å². The zero-order valence-electron chi connectivity index (χ0n) is 24.8. The first-order chi connectivity index (χ1) is 19.8. The zero-order valence-corrected chi connectivity index (χ0v) is 25.6. The number of benzene rings is 1. The summed E-state index contributed by atoms with van der Waals surface area (Å²) in [6.07, 6.45) is 2.39. The highest BCUT2D eigenvalue weighted by molar-refractivity contribution is 7.88. The number of hydrogen-bond donors (Lipinski definition) is 2. The molecule has 2 amide bonds. The molecule has 10 nitrogen and oxygen atoms in total. The summed E-state index contributed by atoms with van der Waals surface area (Å²) in [5.41, 5.74) is 1.36. The first-order valence-electron chi connectivity index (χ1n) is 14.2. The number of aromatic nitrogens is 1. The van der Waals surface area contributed by atoms with Crippen LogP contribution in [0.25, 0.3) is 22.4 Å². The van der Waals surface area contributed by atoms with Crippen LogP contribution in [0.5, 0.6) is 0 Å². The maximum Gasteiger partial charge on any atom is 0.410 e. The van der Waals surface area contributed by atoms with Gasteiger partial charge in [-0.25, -0.2) is 27.3 Å². The van der Waals surface area contributed by atoms with Crippen molar-refractivity contribution in [1.29, 1.82) is 0 Å². The summed E-state index contributed by atoms with van der Waals surface area (Å²) in [4.78, 5) is 31.3. The van der Waals surface area contributed by atoms with Crippen molar-refractivity contribution >= 4 is 33.1 Å². The number of aryl methyl sites for hydroxylation is 1. The average Bonchev–Trinajstić information content (AvgIpc) is 3.29. The summed E-state index contributed by atoms with van der Waals surface area (Å²) in [5, 5.41) is 3.06. The molecule has 0 spiro atoms. The second-order valence-corrected chi connectivity index (χ2v) is 13.4. The third-order valence-electron chi connectivity index (χ3n) is 7.26. The van der Waals surface area contributed by atoms with E-state index in [1.165, 1.54) is 31.3 Å². The smallest absolute Gasteiger partial charge is 0.410 e. The van der Waals surface area contributed by atoms with Gasteiger partial charge in [0.1, 0.15) is 22.9 Å². The van der Waals surface area contributed by atoms with E-state index in [4.69, 9.17) is 9.15 Å². The summed E-state index contributed by atoms with van der Waals surface area (Å²) in [7, 11) is -2.22. The van der Waals surface area contributed by atoms with Crippen LogP contribution < -0.4 is 10.0 Å². The number of rotatable bonds is 9. The van der Waals surface area contributed by atoms with Gasteiger partial charge in [0.2, 0.25) is 15.7 Å². The van der Waals surface area contributed by atoms with Crippen LogP contribution in [0.1, 0.15) is 68.6 Å². The van der Waals surface area contributed by atoms with Gasteiger partial charge in [-0.2, -0.15) is 0 Å². The zero-order chi connectivity index (χ0) is 30.7. The first kappa shape index (κ1) is 31.4. The molecular weight excluding hydrogens is 563 g/mol. The van der Waals surface area contributed by atoms with Crippen LogP contribution >= 0.6 is 0 Å². The average molecular weight is 603 g/mol. The number of piperidine rings is 1. The number of sulfonamides is 1. The molecule has 0 unspecified atom stereocenters. The third-order valence-corrected chi connectivity index (χ3v) is 8.56. The monoisotopic (exact) mass is 602 g/mol. The van der Waals surface area contributed by atoms with Gasteiger partial charge in [0.05, 0.1) is 16.6 Å². The second-order valence-electron chi connectivity index (χ2n) is 11.5. The summed E-state index contributed by atoms with van der Waals surface area (Å²) < 4.78 is 53.7. The van der Waals surface area contributed by atoms with E-state index in [0.717, 1.165) is 12.8 Å². The number of likely N-dealkylation sites (tertiary alicyclic amines) is 1. The van der Waals surface area contributed by atoms with E-state index in [-0.39, 0.29) is 35.4 Å². The first-order valence-corrected chi connectivity index (χ1v) is 15.8. The highest BCUT2D eigenvalue weighted by Gasteiger charge is 2.28. The van der Waals surface area contributed by atoms with Crippen LogP contribution in [0, 0.1) is 11.7 Å². The Morgan fingerprint density at radius 2 is 1.83 bits per heavy atom. The molecular formula is C30H39FN4O6S. The van der Waals surface area contributed by atoms with Crippen LogP contribution in [0.15, 0.2) is 34.7 Å². The maximum absolute atomic E-state index is 13.5. The Kier molecular flexibility index (Phi) is 9.56. The number of nitrogens with one attached hydrogen (secondary N) is 2. The lowest BCUT2D eigenvalue weighted by molar-refractivity contribution is 0.0182. The molecule has 0 atom stereocenters. The minimum atomic E-state index is -3.72. The van der Waals surface area contributed by atoms with E-state index in [2.05, 4.69) is 15.0 Å². The van der Waals surface area contributed by atoms with E-state index in [1.807, 2.05) is 27.7 Å². The minimum Gasteiger partial charge on any atom is -0.444 e. The Balaban J connectivity index is 1.44. The molecule has 0 bridgehead atoms. The van der Waals surface area contributed by atoms with E-state index in [9.17, 15) is 22.4 Å². The van der Waals surface area contributed by atoms with E-state index in [1.54, 1.807) is 11.0 Å². The van der Waals surface area contributed by atoms with E-state index >= 15 is 0 Å². The summed E-state index contributed by atoms with van der Waals surface area (Å²) in [6.45, 7) is 8.83. The highest BCUT2D eigenvalue weighted by atomic mass is 32.2. The second kappa shape index (κ2) is 12.8. The number of amides is 2. The molecule has 4 rings (SSSR count). The molecule has 3 aromatic rings. The fourth-order valence-electron chi connectivity index (χ4n) is 5.07. The highest BCUT2D eigenvalue weighted by Crippen LogP contribution is 2.34. The summed E-state index contributed by atoms with van der Waals surface area (Å²) in [6, 6.07) is 7.31. The molecule has 2 aromatic heterocycles. The molecule has 1 aliphatic rings. The summed E-state index contributed by atoms with van der Waals surface area (Å²) in [5.74, 6) is -0.631. The predicted octanol–water partition coefficient (Wildman–Crippen LogP) is 5.01. The molecule has 0 saturated carbocycles. The van der Waals surface area contributed by atoms with E-state index < -0.39 is 27.3 Å². The third kappa shape index (κ3) is 7.65. The molecule has 1 aromatic carbocycles. The lowest BCUT2D eigenvalue weighted by Crippen LogP contribution is -2.42. The van der Waals surface area contributed by atoms with Crippen LogP contribution in [0.4, 0.5) is 9.18 Å². The number of fused-ring (bicyclic) bond motifs is 1. The van der Waals surface area contributed by atoms with Crippen LogP contribution in [-0.4, -0.2) is 62.6 Å². The number of pyridine rings is 1. The number of nitrogens with zero attached hydrogens (tertiary/aromatic N) is 2. The van der Waals surface area contributed by atoms with Gasteiger partial charge in [-0.05, 0) is 88.3 Å². The van der Waals surface area contributed by atoms with Crippen molar-refractivity contribution in [3.8, 4) is 11.3 Å². The molecule has 2 N–H and O–H groups in total. The molecule has 1 fully saturated rings. The quantitative estimate of drug-likeness (QED) is 0.352. The fraction of sp³-hybridized carbons (Fsp3) is 0.500. The van der Waals surface area contributed by atoms with Gasteiger partial charge in [0, 0.05) is 32.2 Å². The largest absolute Gasteiger partial charge is 0.444 e. The SMILES string of the molecule is CCc1cc2c(C(=O)NC)c(-c3ccc(F)cc3)oc2nc1CS(=O)(=O)NCCC1CCN(C(=O)OC(C)(C)C)CC1. The lowest BCUT2D eigenvalue weighted by atomic mass is 9.94. The molecule has 1 saturated heterocycles. The molecule has 3 heterocycles. The van der Waals surface area contributed by atoms with Crippen molar-refractivity contribution < 1.29 is 31.6 Å². The van der Waals surface area contributed by atoms with Crippen molar-refractivity contribution in [3.05, 3.63) is 53.0 Å². The minimum absolute atomic E-state index is 0.132. The number of furan rings is 1. The van der Waals surface area contributed by atoms with Gasteiger partial charge in [-0.15, -0.1) is 0 Å². The van der Waals surface area contributed by atoms with Gasteiger partial charge in [0.25, 0.3) is 5.91 Å². The Bertz CT molecular complexity index is 1540. The Hall–Kier alpha value is -3.51. The van der Waals surface area contributed by atoms with Crippen molar-refractivity contribution in [2.75, 3.05) is 26.7 Å². The Morgan fingerprint density at radius 3 is 2.43 bits per heavy atom. The standard InChI is InChI=1S/C30H39FN4O6S/c1-6-20-17-23-25(27(36)32-5)26(21-7-9-22(31)10-8-21)40-28(23)34-24(20)18-42(38,39)33-14-11-19-12-15-35(16-13-19)29(37)41-30(2,3)4/h7-10,17,19,33H,6,11-16,18H2,1-5H3,(H,32,36). The van der Waals surface area contributed by atoms with Crippen molar-refractivity contribution in [2.45, 2.75) is 64.7 Å². The van der Waals surface area contributed by atoms with Crippen LogP contribution in [0.2, 0.25) is 0 Å². The number of carbonyl (C=O) groups is 2. The van der Waals surface area contributed by atoms with Gasteiger partial charge in [-0.1, -0.05) is 6.92 Å². The molecule has 228 valence electrons. The molecule has 12 heteroatoms. The van der Waals surface area contributed by atoms with Gasteiger partial charge in [-0.3, -0.25) is 4.79 Å². The van der Waals surface area contributed by atoms with Gasteiger partial charge < -0.3 is 19.4 Å². The van der Waals surface area contributed by atoms with Crippen LogP contribution in [-0.2, 0) is 26.9 Å². The van der Waals surface area contributed by atoms with Gasteiger partial charge in [0.15, 0.2) is 0 Å². The number of carbonyl (C=O) groups excluding carboxylic acids is 2. The Morgan fingerprint density at radius 1 is 1.17 bits per heavy atom. The topological polar surface area (TPSA) is 131 Å². The van der Waals surface area contributed by atoms with Crippen molar-refractivity contribution in [3.63, 3.8) is 0 Å². The molecule has 1 aliphatic heterocycles. The lowest BCUT2D eigenvalue weighted by Gasteiger charge is -2.33. The normalized spacial score (nSPS) is 14.8. The Labute approximate surface area is 246 Å². The predicted molar refractivity (Wildman–Crippen MR) is 158 cm³/mol. The number of hydrogen-bond acceptors (Lipinski definition) is 7. The molecule has 42 heavy (non-hydrogen) atoms. The molecule has 0 radical (unpaired) electrons. The number of ether oxygens (including phenoxy) is 1. The molecule has 0 aliphatic carbocycles. The van der Waals surface area contributed by atoms with Crippen molar-refractivity contribution in [1.82, 2.24) is 19.9 Å².